The second-order valence-electron chi connectivity index (χ2n) is 4.56. The molecular formula is C13H25N5. The van der Waals surface area contributed by atoms with Gasteiger partial charge in [-0.3, -0.25) is 0 Å². The Morgan fingerprint density at radius 2 is 1.94 bits per heavy atom. The molecule has 0 bridgehead atoms. The van der Waals surface area contributed by atoms with Crippen LogP contribution >= 0.6 is 0 Å². The zero-order chi connectivity index (χ0) is 13.4. The molecule has 5 nitrogen and oxygen atoms in total. The zero-order valence-electron chi connectivity index (χ0n) is 12.0. The van der Waals surface area contributed by atoms with E-state index in [-0.39, 0.29) is 0 Å². The van der Waals surface area contributed by atoms with Crippen LogP contribution in [0.15, 0.2) is 12.3 Å². The molecule has 0 aliphatic heterocycles. The first kappa shape index (κ1) is 14.7. The van der Waals surface area contributed by atoms with Gasteiger partial charge in [0.05, 0.1) is 0 Å². The van der Waals surface area contributed by atoms with E-state index >= 15 is 0 Å². The highest BCUT2D eigenvalue weighted by molar-refractivity contribution is 5.42. The molecule has 0 aliphatic carbocycles. The number of nitrogens with zero attached hydrogens (tertiary/aromatic N) is 4. The van der Waals surface area contributed by atoms with E-state index in [2.05, 4.69) is 46.1 Å². The summed E-state index contributed by atoms with van der Waals surface area (Å²) >= 11 is 0. The Balaban J connectivity index is 2.73. The maximum absolute atomic E-state index is 4.54. The van der Waals surface area contributed by atoms with Gasteiger partial charge in [-0.2, -0.15) is 4.98 Å². The number of hydrogen-bond donors (Lipinski definition) is 1. The third kappa shape index (κ3) is 4.87. The van der Waals surface area contributed by atoms with E-state index in [1.807, 2.05) is 19.2 Å². The highest BCUT2D eigenvalue weighted by Gasteiger charge is 2.08. The van der Waals surface area contributed by atoms with Gasteiger partial charge in [0.1, 0.15) is 5.82 Å². The van der Waals surface area contributed by atoms with Gasteiger partial charge in [0.2, 0.25) is 5.95 Å². The number of anilines is 2. The second-order valence-corrected chi connectivity index (χ2v) is 4.56. The van der Waals surface area contributed by atoms with E-state index in [9.17, 15) is 0 Å². The van der Waals surface area contributed by atoms with E-state index in [0.29, 0.717) is 5.95 Å². The van der Waals surface area contributed by atoms with Crippen molar-refractivity contribution in [2.45, 2.75) is 20.3 Å². The van der Waals surface area contributed by atoms with Crippen molar-refractivity contribution in [3.8, 4) is 0 Å². The Hall–Kier alpha value is -1.36. The van der Waals surface area contributed by atoms with E-state index in [1.54, 1.807) is 0 Å². The number of aromatic nitrogens is 2. The fourth-order valence-corrected chi connectivity index (χ4v) is 1.70. The molecule has 0 unspecified atom stereocenters. The van der Waals surface area contributed by atoms with Crippen molar-refractivity contribution in [2.75, 3.05) is 50.5 Å². The largest absolute Gasteiger partial charge is 0.355 e. The summed E-state index contributed by atoms with van der Waals surface area (Å²) in [6, 6.07) is 1.98. The summed E-state index contributed by atoms with van der Waals surface area (Å²) in [5.74, 6) is 1.71. The Morgan fingerprint density at radius 3 is 2.56 bits per heavy atom. The van der Waals surface area contributed by atoms with Crippen LogP contribution in [-0.4, -0.2) is 55.1 Å². The minimum absolute atomic E-state index is 0.709. The maximum Gasteiger partial charge on any atom is 0.224 e. The molecule has 102 valence electrons. The molecule has 18 heavy (non-hydrogen) atoms. The van der Waals surface area contributed by atoms with Crippen molar-refractivity contribution in [1.82, 2.24) is 14.9 Å². The lowest BCUT2D eigenvalue weighted by molar-refractivity contribution is 0.412. The number of rotatable bonds is 8. The van der Waals surface area contributed by atoms with Crippen molar-refractivity contribution in [3.63, 3.8) is 0 Å². The first-order valence-electron chi connectivity index (χ1n) is 6.64. The first-order chi connectivity index (χ1) is 8.67. The van der Waals surface area contributed by atoms with Crippen LogP contribution in [0.4, 0.5) is 11.8 Å². The summed E-state index contributed by atoms with van der Waals surface area (Å²) in [6.45, 7) is 8.12. The van der Waals surface area contributed by atoms with Gasteiger partial charge < -0.3 is 15.1 Å². The molecule has 0 atom stereocenters. The molecule has 1 aromatic rings. The van der Waals surface area contributed by atoms with Crippen LogP contribution in [0.5, 0.6) is 0 Å². The molecule has 5 heteroatoms. The standard InChI is InChI=1S/C13H25N5/c1-5-9-18(11-10-17(3)4)12-7-8-15-13(16-12)14-6-2/h7-8H,5-6,9-11H2,1-4H3,(H,14,15,16). The van der Waals surface area contributed by atoms with Crippen molar-refractivity contribution in [3.05, 3.63) is 12.3 Å². The summed E-state index contributed by atoms with van der Waals surface area (Å²) in [5.41, 5.74) is 0. The summed E-state index contributed by atoms with van der Waals surface area (Å²) in [5, 5.41) is 3.15. The van der Waals surface area contributed by atoms with Gasteiger partial charge >= 0.3 is 0 Å². The second kappa shape index (κ2) is 7.87. The van der Waals surface area contributed by atoms with Gasteiger partial charge in [-0.1, -0.05) is 6.92 Å². The molecule has 1 N–H and O–H groups in total. The van der Waals surface area contributed by atoms with E-state index in [0.717, 1.165) is 38.4 Å². The summed E-state index contributed by atoms with van der Waals surface area (Å²) in [6.07, 6.45) is 2.94. The van der Waals surface area contributed by atoms with Gasteiger partial charge in [-0.05, 0) is 33.5 Å². The molecule has 0 radical (unpaired) electrons. The Labute approximate surface area is 110 Å². The predicted molar refractivity (Wildman–Crippen MR) is 77.3 cm³/mol. The van der Waals surface area contributed by atoms with Crippen LogP contribution in [0.25, 0.3) is 0 Å². The van der Waals surface area contributed by atoms with Crippen LogP contribution in [0.2, 0.25) is 0 Å². The topological polar surface area (TPSA) is 44.3 Å². The molecule has 1 aromatic heterocycles. The van der Waals surface area contributed by atoms with Crippen LogP contribution in [0, 0.1) is 0 Å². The normalized spacial score (nSPS) is 10.7. The number of nitrogens with one attached hydrogen (secondary N) is 1. The molecule has 0 aliphatic rings. The molecule has 0 spiro atoms. The highest BCUT2D eigenvalue weighted by Crippen LogP contribution is 2.12. The lowest BCUT2D eigenvalue weighted by Gasteiger charge is -2.25. The maximum atomic E-state index is 4.54. The molecule has 0 saturated carbocycles. The lowest BCUT2D eigenvalue weighted by Crippen LogP contribution is -2.33. The van der Waals surface area contributed by atoms with Gasteiger partial charge in [0.15, 0.2) is 0 Å². The minimum atomic E-state index is 0.709. The van der Waals surface area contributed by atoms with Crippen molar-refractivity contribution >= 4 is 11.8 Å². The van der Waals surface area contributed by atoms with Crippen molar-refractivity contribution in [1.29, 1.82) is 0 Å². The molecule has 0 amide bonds. The smallest absolute Gasteiger partial charge is 0.224 e. The van der Waals surface area contributed by atoms with Crippen LogP contribution in [0.3, 0.4) is 0 Å². The van der Waals surface area contributed by atoms with Gasteiger partial charge in [0, 0.05) is 32.4 Å². The van der Waals surface area contributed by atoms with Crippen molar-refractivity contribution < 1.29 is 0 Å². The van der Waals surface area contributed by atoms with E-state index in [1.165, 1.54) is 0 Å². The quantitative estimate of drug-likeness (QED) is 0.761. The average Bonchev–Trinajstić information content (AvgIpc) is 2.35. The molecular weight excluding hydrogens is 226 g/mol. The monoisotopic (exact) mass is 251 g/mol. The van der Waals surface area contributed by atoms with Gasteiger partial charge in [-0.15, -0.1) is 0 Å². The van der Waals surface area contributed by atoms with Gasteiger partial charge in [-0.25, -0.2) is 4.98 Å². The predicted octanol–water partition coefficient (Wildman–Crippen LogP) is 1.69. The van der Waals surface area contributed by atoms with E-state index in [4.69, 9.17) is 0 Å². The number of hydrogen-bond acceptors (Lipinski definition) is 5. The molecule has 0 saturated heterocycles. The molecule has 0 aromatic carbocycles. The summed E-state index contributed by atoms with van der Waals surface area (Å²) in [7, 11) is 4.18. The minimum Gasteiger partial charge on any atom is -0.355 e. The van der Waals surface area contributed by atoms with Crippen LogP contribution in [0.1, 0.15) is 20.3 Å². The molecule has 1 heterocycles. The van der Waals surface area contributed by atoms with E-state index < -0.39 is 0 Å². The lowest BCUT2D eigenvalue weighted by atomic mass is 10.3. The fourth-order valence-electron chi connectivity index (χ4n) is 1.70. The Bertz CT molecular complexity index is 340. The third-order valence-electron chi connectivity index (χ3n) is 2.61. The van der Waals surface area contributed by atoms with Crippen LogP contribution in [-0.2, 0) is 0 Å². The average molecular weight is 251 g/mol. The van der Waals surface area contributed by atoms with Gasteiger partial charge in [0.25, 0.3) is 0 Å². The highest BCUT2D eigenvalue weighted by atomic mass is 15.2. The molecule has 0 fully saturated rings. The SMILES string of the molecule is CCCN(CCN(C)C)c1ccnc(NCC)n1. The Morgan fingerprint density at radius 1 is 1.17 bits per heavy atom. The fraction of sp³-hybridized carbons (Fsp3) is 0.692. The third-order valence-corrected chi connectivity index (χ3v) is 2.61. The zero-order valence-corrected chi connectivity index (χ0v) is 12.0. The van der Waals surface area contributed by atoms with Crippen molar-refractivity contribution in [2.24, 2.45) is 0 Å². The Kier molecular flexibility index (Phi) is 6.43. The summed E-state index contributed by atoms with van der Waals surface area (Å²) < 4.78 is 0. The van der Waals surface area contributed by atoms with Crippen LogP contribution < -0.4 is 10.2 Å². The summed E-state index contributed by atoms with van der Waals surface area (Å²) in [4.78, 5) is 13.2. The number of likely N-dealkylation sites (N-methyl/N-ethyl adjacent to an activating group) is 1. The first-order valence-corrected chi connectivity index (χ1v) is 6.64. The molecule has 1 rings (SSSR count).